The average molecular weight is 338 g/mol. The number of rotatable bonds is 4. The third kappa shape index (κ3) is 4.07. The lowest BCUT2D eigenvalue weighted by atomic mass is 10.1. The van der Waals surface area contributed by atoms with Gasteiger partial charge in [0.1, 0.15) is 0 Å². The molecule has 1 aromatic carbocycles. The first kappa shape index (κ1) is 17.4. The van der Waals surface area contributed by atoms with Crippen molar-refractivity contribution in [1.29, 1.82) is 0 Å². The molecule has 0 spiro atoms. The third-order valence-electron chi connectivity index (χ3n) is 3.82. The smallest absolute Gasteiger partial charge is 0.273 e. The number of β-amino-alcohol motifs (C(OH)–C–C–N with tert-alkyl or cyclic N) is 1. The van der Waals surface area contributed by atoms with E-state index in [0.717, 1.165) is 11.3 Å². The van der Waals surface area contributed by atoms with Crippen LogP contribution in [-0.4, -0.2) is 51.7 Å². The zero-order chi connectivity index (χ0) is 15.5. The number of carbonyl (C=O) groups excluding carboxylic acids is 1. The van der Waals surface area contributed by atoms with Crippen molar-refractivity contribution in [3.8, 4) is 5.69 Å². The Bertz CT molecular complexity index is 675. The summed E-state index contributed by atoms with van der Waals surface area (Å²) in [5.41, 5.74) is 2.24. The van der Waals surface area contributed by atoms with E-state index in [-0.39, 0.29) is 29.9 Å². The predicted molar refractivity (Wildman–Crippen MR) is 88.0 cm³/mol. The maximum atomic E-state index is 12.1. The van der Waals surface area contributed by atoms with E-state index in [2.05, 4.69) is 20.9 Å². The van der Waals surface area contributed by atoms with Crippen LogP contribution in [0.25, 0.3) is 5.69 Å². The second-order valence-electron chi connectivity index (χ2n) is 5.58. The van der Waals surface area contributed by atoms with Crippen LogP contribution in [0.15, 0.2) is 30.5 Å². The molecular weight excluding hydrogens is 318 g/mol. The third-order valence-corrected chi connectivity index (χ3v) is 3.82. The highest BCUT2D eigenvalue weighted by atomic mass is 35.5. The van der Waals surface area contributed by atoms with Gasteiger partial charge in [0, 0.05) is 25.6 Å². The topological polar surface area (TPSA) is 92.1 Å². The van der Waals surface area contributed by atoms with E-state index in [0.29, 0.717) is 19.6 Å². The van der Waals surface area contributed by atoms with Gasteiger partial charge in [0.2, 0.25) is 0 Å². The molecule has 2 unspecified atom stereocenters. The maximum absolute atomic E-state index is 12.1. The van der Waals surface area contributed by atoms with E-state index in [1.54, 1.807) is 10.9 Å². The Labute approximate surface area is 140 Å². The lowest BCUT2D eigenvalue weighted by Crippen LogP contribution is -2.34. The van der Waals surface area contributed by atoms with Crippen molar-refractivity contribution in [1.82, 2.24) is 25.6 Å². The molecule has 0 radical (unpaired) electrons. The predicted octanol–water partition coefficient (Wildman–Crippen LogP) is 0.308. The first-order valence-electron chi connectivity index (χ1n) is 7.30. The summed E-state index contributed by atoms with van der Waals surface area (Å²) in [7, 11) is 0. The molecule has 0 bridgehead atoms. The van der Waals surface area contributed by atoms with Crippen LogP contribution >= 0.6 is 12.4 Å². The Morgan fingerprint density at radius 3 is 3.00 bits per heavy atom. The van der Waals surface area contributed by atoms with Crippen LogP contribution in [0.3, 0.4) is 0 Å². The minimum atomic E-state index is -0.414. The summed E-state index contributed by atoms with van der Waals surface area (Å²) in [6.07, 6.45) is 1.19. The number of aromatic nitrogens is 3. The van der Waals surface area contributed by atoms with Gasteiger partial charge in [-0.15, -0.1) is 17.5 Å². The van der Waals surface area contributed by atoms with E-state index in [9.17, 15) is 9.90 Å². The van der Waals surface area contributed by atoms with Gasteiger partial charge < -0.3 is 15.7 Å². The molecule has 1 fully saturated rings. The standard InChI is InChI=1S/C15H19N5O2.ClH/c1-10-3-2-4-12(5-10)20-9-13(18-19-20)15(22)17-7-11-6-16-8-14(11)21;/h2-5,9,11,14,16,21H,6-8H2,1H3,(H,17,22);1H. The number of aryl methyl sites for hydroxylation is 1. The molecule has 2 atom stereocenters. The Balaban J connectivity index is 0.00000192. The van der Waals surface area contributed by atoms with Crippen molar-refractivity contribution in [2.75, 3.05) is 19.6 Å². The van der Waals surface area contributed by atoms with E-state index in [1.807, 2.05) is 31.2 Å². The first-order chi connectivity index (χ1) is 10.6. The summed E-state index contributed by atoms with van der Waals surface area (Å²) in [5, 5.41) is 23.5. The average Bonchev–Trinajstić information content (AvgIpc) is 3.14. The van der Waals surface area contributed by atoms with E-state index in [4.69, 9.17) is 0 Å². The van der Waals surface area contributed by atoms with E-state index >= 15 is 0 Å². The Kier molecular flexibility index (Phi) is 5.70. The Morgan fingerprint density at radius 2 is 2.30 bits per heavy atom. The van der Waals surface area contributed by atoms with Gasteiger partial charge in [-0.3, -0.25) is 4.79 Å². The summed E-state index contributed by atoms with van der Waals surface area (Å²) in [5.74, 6) is -0.242. The minimum Gasteiger partial charge on any atom is -0.391 e. The van der Waals surface area contributed by atoms with Crippen molar-refractivity contribution in [3.05, 3.63) is 41.7 Å². The molecular formula is C15H20ClN5O2. The summed E-state index contributed by atoms with van der Waals surface area (Å²) >= 11 is 0. The molecule has 7 nitrogen and oxygen atoms in total. The van der Waals surface area contributed by atoms with Gasteiger partial charge in [0.05, 0.1) is 18.0 Å². The molecule has 2 aromatic rings. The highest BCUT2D eigenvalue weighted by Crippen LogP contribution is 2.10. The van der Waals surface area contributed by atoms with Gasteiger partial charge in [0.15, 0.2) is 5.69 Å². The van der Waals surface area contributed by atoms with Crippen LogP contribution in [0.5, 0.6) is 0 Å². The number of aliphatic hydroxyl groups is 1. The molecule has 0 aliphatic carbocycles. The second-order valence-corrected chi connectivity index (χ2v) is 5.58. The minimum absolute atomic E-state index is 0. The van der Waals surface area contributed by atoms with Crippen LogP contribution in [-0.2, 0) is 0 Å². The van der Waals surface area contributed by atoms with Crippen LogP contribution < -0.4 is 10.6 Å². The van der Waals surface area contributed by atoms with Gasteiger partial charge >= 0.3 is 0 Å². The van der Waals surface area contributed by atoms with Crippen molar-refractivity contribution in [3.63, 3.8) is 0 Å². The number of nitrogens with one attached hydrogen (secondary N) is 2. The zero-order valence-electron chi connectivity index (χ0n) is 12.8. The number of benzene rings is 1. The fourth-order valence-corrected chi connectivity index (χ4v) is 2.51. The van der Waals surface area contributed by atoms with Crippen molar-refractivity contribution in [2.45, 2.75) is 13.0 Å². The highest BCUT2D eigenvalue weighted by molar-refractivity contribution is 5.91. The van der Waals surface area contributed by atoms with Crippen LogP contribution in [0.1, 0.15) is 16.1 Å². The molecule has 1 aliphatic rings. The van der Waals surface area contributed by atoms with Crippen LogP contribution in [0.2, 0.25) is 0 Å². The fourth-order valence-electron chi connectivity index (χ4n) is 2.51. The van der Waals surface area contributed by atoms with E-state index in [1.165, 1.54) is 0 Å². The normalized spacial score (nSPS) is 20.1. The Hall–Kier alpha value is -1.96. The van der Waals surface area contributed by atoms with E-state index < -0.39 is 6.10 Å². The summed E-state index contributed by atoms with van der Waals surface area (Å²) in [4.78, 5) is 12.1. The molecule has 3 N–H and O–H groups in total. The molecule has 8 heteroatoms. The summed E-state index contributed by atoms with van der Waals surface area (Å²) in [6, 6.07) is 7.80. The van der Waals surface area contributed by atoms with Gasteiger partial charge in [-0.1, -0.05) is 17.3 Å². The van der Waals surface area contributed by atoms with Crippen molar-refractivity contribution < 1.29 is 9.90 Å². The summed E-state index contributed by atoms with van der Waals surface area (Å²) in [6.45, 7) is 3.70. The van der Waals surface area contributed by atoms with Crippen LogP contribution in [0.4, 0.5) is 0 Å². The quantitative estimate of drug-likeness (QED) is 0.746. The number of aliphatic hydroxyl groups excluding tert-OH is 1. The van der Waals surface area contributed by atoms with Gasteiger partial charge in [0.25, 0.3) is 5.91 Å². The molecule has 1 amide bonds. The SMILES string of the molecule is Cc1cccc(-n2cc(C(=O)NCC3CNCC3O)nn2)c1.Cl. The second kappa shape index (κ2) is 7.54. The van der Waals surface area contributed by atoms with Crippen molar-refractivity contribution in [2.24, 2.45) is 5.92 Å². The number of carbonyl (C=O) groups is 1. The Morgan fingerprint density at radius 1 is 1.48 bits per heavy atom. The van der Waals surface area contributed by atoms with Gasteiger partial charge in [-0.25, -0.2) is 4.68 Å². The molecule has 1 aromatic heterocycles. The number of hydrogen-bond acceptors (Lipinski definition) is 5. The zero-order valence-corrected chi connectivity index (χ0v) is 13.6. The molecule has 1 saturated heterocycles. The monoisotopic (exact) mass is 337 g/mol. The first-order valence-corrected chi connectivity index (χ1v) is 7.30. The maximum Gasteiger partial charge on any atom is 0.273 e. The number of halogens is 1. The molecule has 0 saturated carbocycles. The number of nitrogens with zero attached hydrogens (tertiary/aromatic N) is 3. The molecule has 2 heterocycles. The highest BCUT2D eigenvalue weighted by Gasteiger charge is 2.25. The molecule has 124 valence electrons. The van der Waals surface area contributed by atoms with Gasteiger partial charge in [-0.05, 0) is 24.6 Å². The number of amides is 1. The van der Waals surface area contributed by atoms with Gasteiger partial charge in [-0.2, -0.15) is 0 Å². The lowest BCUT2D eigenvalue weighted by molar-refractivity contribution is 0.0922. The summed E-state index contributed by atoms with van der Waals surface area (Å²) < 4.78 is 1.58. The van der Waals surface area contributed by atoms with Crippen LogP contribution in [0, 0.1) is 12.8 Å². The lowest BCUT2D eigenvalue weighted by Gasteiger charge is -2.13. The molecule has 3 rings (SSSR count). The molecule has 23 heavy (non-hydrogen) atoms. The fraction of sp³-hybridized carbons (Fsp3) is 0.400. The molecule has 1 aliphatic heterocycles. The number of hydrogen-bond donors (Lipinski definition) is 3. The van der Waals surface area contributed by atoms with Crippen molar-refractivity contribution >= 4 is 18.3 Å². The largest absolute Gasteiger partial charge is 0.391 e.